The van der Waals surface area contributed by atoms with E-state index in [0.717, 1.165) is 30.8 Å². The smallest absolute Gasteiger partial charge is 0.138 e. The van der Waals surface area contributed by atoms with Crippen LogP contribution in [0.2, 0.25) is 0 Å². The van der Waals surface area contributed by atoms with Gasteiger partial charge in [0.15, 0.2) is 0 Å². The minimum atomic E-state index is 0.260. The molecule has 0 saturated carbocycles. The Labute approximate surface area is 103 Å². The van der Waals surface area contributed by atoms with Crippen LogP contribution in [0.15, 0.2) is 6.07 Å². The molecule has 1 rings (SSSR count). The highest BCUT2D eigenvalue weighted by atomic mass is 16.5. The summed E-state index contributed by atoms with van der Waals surface area (Å²) in [5.74, 6) is 0.260. The number of hydrogen-bond acceptors (Lipinski definition) is 3. The molecule has 0 aliphatic heterocycles. The van der Waals surface area contributed by atoms with Crippen LogP contribution in [0.1, 0.15) is 38.1 Å². The zero-order valence-corrected chi connectivity index (χ0v) is 11.0. The Kier molecular flexibility index (Phi) is 5.91. The van der Waals surface area contributed by atoms with Crippen LogP contribution in [0, 0.1) is 0 Å². The Hall–Kier alpha value is -1.16. The van der Waals surface area contributed by atoms with Crippen molar-refractivity contribution in [3.8, 4) is 0 Å². The second-order valence-corrected chi connectivity index (χ2v) is 4.12. The molecule has 17 heavy (non-hydrogen) atoms. The fourth-order valence-corrected chi connectivity index (χ4v) is 1.72. The predicted octanol–water partition coefficient (Wildman–Crippen LogP) is 1.91. The first-order valence-electron chi connectivity index (χ1n) is 6.28. The van der Waals surface area contributed by atoms with Crippen molar-refractivity contribution >= 4 is 5.78 Å². The molecule has 1 aromatic heterocycles. The van der Waals surface area contributed by atoms with Gasteiger partial charge in [-0.3, -0.25) is 9.48 Å². The molecule has 1 aromatic rings. The van der Waals surface area contributed by atoms with Crippen molar-refractivity contribution in [1.82, 2.24) is 9.78 Å². The van der Waals surface area contributed by atoms with Crippen LogP contribution in [0.25, 0.3) is 0 Å². The molecule has 0 unspecified atom stereocenters. The third kappa shape index (κ3) is 4.69. The largest absolute Gasteiger partial charge is 0.382 e. The molecule has 0 aromatic carbocycles. The average molecular weight is 238 g/mol. The molecule has 0 amide bonds. The number of carbonyl (C=O) groups is 1. The number of aryl methyl sites for hydroxylation is 2. The lowest BCUT2D eigenvalue weighted by molar-refractivity contribution is -0.118. The van der Waals surface area contributed by atoms with Crippen molar-refractivity contribution in [2.75, 3.05) is 13.2 Å². The summed E-state index contributed by atoms with van der Waals surface area (Å²) in [5, 5.41) is 4.33. The highest BCUT2D eigenvalue weighted by Gasteiger charge is 2.09. The summed E-state index contributed by atoms with van der Waals surface area (Å²) in [6, 6.07) is 2.01. The first-order chi connectivity index (χ1) is 8.17. The molecule has 4 heteroatoms. The highest BCUT2D eigenvalue weighted by Crippen LogP contribution is 2.07. The minimum absolute atomic E-state index is 0.260. The summed E-state index contributed by atoms with van der Waals surface area (Å²) in [5.41, 5.74) is 2.05. The molecule has 0 N–H and O–H groups in total. The molecule has 0 saturated heterocycles. The zero-order valence-electron chi connectivity index (χ0n) is 11.0. The molecule has 0 spiro atoms. The van der Waals surface area contributed by atoms with Gasteiger partial charge in [-0.15, -0.1) is 0 Å². The standard InChI is InChI=1S/C13H22N2O2/c1-4-11-9-12(15(3)14-11)10-13(16)7-6-8-17-5-2/h9H,4-8,10H2,1-3H3. The van der Waals surface area contributed by atoms with Gasteiger partial charge in [-0.2, -0.15) is 5.10 Å². The van der Waals surface area contributed by atoms with Crippen molar-refractivity contribution in [2.24, 2.45) is 7.05 Å². The molecule has 1 heterocycles. The third-order valence-corrected chi connectivity index (χ3v) is 2.72. The van der Waals surface area contributed by atoms with Crippen molar-refractivity contribution in [3.63, 3.8) is 0 Å². The number of ketones is 1. The first kappa shape index (κ1) is 13.9. The second kappa shape index (κ2) is 7.22. The molecular formula is C13H22N2O2. The van der Waals surface area contributed by atoms with Gasteiger partial charge < -0.3 is 4.74 Å². The maximum atomic E-state index is 11.7. The molecule has 96 valence electrons. The van der Waals surface area contributed by atoms with E-state index in [1.54, 1.807) is 4.68 Å². The summed E-state index contributed by atoms with van der Waals surface area (Å²) in [7, 11) is 1.89. The Bertz CT molecular complexity index is 358. The average Bonchev–Trinajstić information content (AvgIpc) is 2.66. The van der Waals surface area contributed by atoms with Crippen LogP contribution in [0.4, 0.5) is 0 Å². The van der Waals surface area contributed by atoms with Gasteiger partial charge >= 0.3 is 0 Å². The van der Waals surface area contributed by atoms with Crippen molar-refractivity contribution in [3.05, 3.63) is 17.5 Å². The molecule has 0 fully saturated rings. The number of rotatable bonds is 8. The van der Waals surface area contributed by atoms with Crippen LogP contribution in [0.5, 0.6) is 0 Å². The van der Waals surface area contributed by atoms with Crippen molar-refractivity contribution in [1.29, 1.82) is 0 Å². The fraction of sp³-hybridized carbons (Fsp3) is 0.692. The van der Waals surface area contributed by atoms with E-state index in [0.29, 0.717) is 19.4 Å². The van der Waals surface area contributed by atoms with Crippen molar-refractivity contribution in [2.45, 2.75) is 39.5 Å². The van der Waals surface area contributed by atoms with Crippen LogP contribution in [0.3, 0.4) is 0 Å². The normalized spacial score (nSPS) is 10.8. The lowest BCUT2D eigenvalue weighted by atomic mass is 10.1. The molecule has 0 aliphatic carbocycles. The Balaban J connectivity index is 2.36. The minimum Gasteiger partial charge on any atom is -0.382 e. The van der Waals surface area contributed by atoms with E-state index in [-0.39, 0.29) is 5.78 Å². The molecule has 0 aliphatic rings. The van der Waals surface area contributed by atoms with Crippen LogP contribution in [-0.4, -0.2) is 28.8 Å². The summed E-state index contributed by atoms with van der Waals surface area (Å²) in [6.07, 6.45) is 2.79. The second-order valence-electron chi connectivity index (χ2n) is 4.12. The summed E-state index contributed by atoms with van der Waals surface area (Å²) >= 11 is 0. The molecule has 0 bridgehead atoms. The Morgan fingerprint density at radius 2 is 2.24 bits per heavy atom. The van der Waals surface area contributed by atoms with Crippen molar-refractivity contribution < 1.29 is 9.53 Å². The highest BCUT2D eigenvalue weighted by molar-refractivity contribution is 5.80. The monoisotopic (exact) mass is 238 g/mol. The Morgan fingerprint density at radius 1 is 1.47 bits per heavy atom. The van der Waals surface area contributed by atoms with E-state index < -0.39 is 0 Å². The quantitative estimate of drug-likeness (QED) is 0.650. The fourth-order valence-electron chi connectivity index (χ4n) is 1.72. The number of nitrogens with zero attached hydrogens (tertiary/aromatic N) is 2. The number of aromatic nitrogens is 2. The van der Waals surface area contributed by atoms with E-state index >= 15 is 0 Å². The van der Waals surface area contributed by atoms with Gasteiger partial charge in [0.2, 0.25) is 0 Å². The number of ether oxygens (including phenoxy) is 1. The van der Waals surface area contributed by atoms with E-state index in [2.05, 4.69) is 12.0 Å². The number of Topliss-reactive ketones (excluding diaryl/α,β-unsaturated/α-hetero) is 1. The van der Waals surface area contributed by atoms with Gasteiger partial charge in [-0.25, -0.2) is 0 Å². The SMILES string of the molecule is CCOCCCC(=O)Cc1cc(CC)nn1C. The van der Waals surface area contributed by atoms with Crippen LogP contribution >= 0.6 is 0 Å². The molecule has 0 radical (unpaired) electrons. The lowest BCUT2D eigenvalue weighted by Crippen LogP contribution is -2.08. The van der Waals surface area contributed by atoms with Crippen LogP contribution in [-0.2, 0) is 29.4 Å². The maximum absolute atomic E-state index is 11.7. The lowest BCUT2D eigenvalue weighted by Gasteiger charge is -2.02. The first-order valence-corrected chi connectivity index (χ1v) is 6.28. The number of hydrogen-bond donors (Lipinski definition) is 0. The zero-order chi connectivity index (χ0) is 12.7. The Morgan fingerprint density at radius 3 is 2.82 bits per heavy atom. The summed E-state index contributed by atoms with van der Waals surface area (Å²) in [6.45, 7) is 5.42. The van der Waals surface area contributed by atoms with E-state index in [4.69, 9.17) is 4.74 Å². The van der Waals surface area contributed by atoms with Crippen LogP contribution < -0.4 is 0 Å². The molecular weight excluding hydrogens is 216 g/mol. The van der Waals surface area contributed by atoms with Gasteiger partial charge in [0.1, 0.15) is 5.78 Å². The van der Waals surface area contributed by atoms with Gasteiger partial charge in [0.25, 0.3) is 0 Å². The van der Waals surface area contributed by atoms with E-state index in [1.807, 2.05) is 20.0 Å². The predicted molar refractivity (Wildman–Crippen MR) is 67.0 cm³/mol. The van der Waals surface area contributed by atoms with Gasteiger partial charge in [-0.1, -0.05) is 6.92 Å². The summed E-state index contributed by atoms with van der Waals surface area (Å²) < 4.78 is 7.01. The maximum Gasteiger partial charge on any atom is 0.138 e. The van der Waals surface area contributed by atoms with Gasteiger partial charge in [0, 0.05) is 38.8 Å². The van der Waals surface area contributed by atoms with Gasteiger partial charge in [-0.05, 0) is 25.8 Å². The van der Waals surface area contributed by atoms with Gasteiger partial charge in [0.05, 0.1) is 5.69 Å². The molecule has 0 atom stereocenters. The molecule has 4 nitrogen and oxygen atoms in total. The number of carbonyl (C=O) groups excluding carboxylic acids is 1. The van der Waals surface area contributed by atoms with E-state index in [1.165, 1.54) is 0 Å². The third-order valence-electron chi connectivity index (χ3n) is 2.72. The summed E-state index contributed by atoms with van der Waals surface area (Å²) in [4.78, 5) is 11.7. The van der Waals surface area contributed by atoms with E-state index in [9.17, 15) is 4.79 Å². The topological polar surface area (TPSA) is 44.1 Å².